The fourth-order valence-corrected chi connectivity index (χ4v) is 5.00. The maximum Gasteiger partial charge on any atom is 0.243 e. The van der Waals surface area contributed by atoms with E-state index in [9.17, 15) is 17.9 Å². The van der Waals surface area contributed by atoms with Crippen molar-refractivity contribution in [1.82, 2.24) is 4.31 Å². The van der Waals surface area contributed by atoms with Gasteiger partial charge in [0.15, 0.2) is 0 Å². The molecule has 0 unspecified atom stereocenters. The summed E-state index contributed by atoms with van der Waals surface area (Å²) in [5.74, 6) is 0.766. The second-order valence-corrected chi connectivity index (χ2v) is 8.51. The summed E-state index contributed by atoms with van der Waals surface area (Å²) in [6.45, 7) is 0. The van der Waals surface area contributed by atoms with Gasteiger partial charge in [-0.05, 0) is 42.5 Å². The van der Waals surface area contributed by atoms with Gasteiger partial charge in [0.25, 0.3) is 0 Å². The van der Waals surface area contributed by atoms with Gasteiger partial charge in [0.05, 0.1) is 17.0 Å². The molecule has 1 N–H and O–H groups in total. The predicted octanol–water partition coefficient (Wildman–Crippen LogP) is 3.36. The van der Waals surface area contributed by atoms with Gasteiger partial charge in [-0.15, -0.1) is 0 Å². The summed E-state index contributed by atoms with van der Waals surface area (Å²) in [5.41, 5.74) is 1.11. The minimum atomic E-state index is -3.68. The van der Waals surface area contributed by atoms with Crippen molar-refractivity contribution in [3.05, 3.63) is 77.8 Å². The number of benzene rings is 2. The fraction of sp³-hybridized carbons (Fsp3) is 0.200. The molecule has 5 nitrogen and oxygen atoms in total. The first-order valence-corrected chi connectivity index (χ1v) is 9.91. The highest BCUT2D eigenvalue weighted by Crippen LogP contribution is 2.37. The molecule has 2 aromatic carbocycles. The number of hydrogen-bond acceptors (Lipinski definition) is 4. The van der Waals surface area contributed by atoms with E-state index in [0.717, 1.165) is 5.56 Å². The number of sulfonamides is 1. The van der Waals surface area contributed by atoms with E-state index in [4.69, 9.17) is 4.42 Å². The van der Waals surface area contributed by atoms with E-state index < -0.39 is 22.2 Å². The second-order valence-electron chi connectivity index (χ2n) is 6.55. The molecule has 27 heavy (non-hydrogen) atoms. The van der Waals surface area contributed by atoms with Crippen LogP contribution in [0.1, 0.15) is 17.4 Å². The molecule has 7 heteroatoms. The lowest BCUT2D eigenvalue weighted by molar-refractivity contribution is 0.0864. The van der Waals surface area contributed by atoms with Crippen LogP contribution < -0.4 is 0 Å². The van der Waals surface area contributed by atoms with Crippen LogP contribution in [0.15, 0.2) is 70.0 Å². The molecule has 1 aliphatic rings. The molecule has 2 heterocycles. The Hall–Kier alpha value is -2.48. The highest BCUT2D eigenvalue weighted by Gasteiger charge is 2.41. The van der Waals surface area contributed by atoms with Gasteiger partial charge in [-0.3, -0.25) is 0 Å². The van der Waals surface area contributed by atoms with Crippen molar-refractivity contribution in [1.29, 1.82) is 0 Å². The number of rotatable bonds is 3. The van der Waals surface area contributed by atoms with Crippen LogP contribution in [-0.4, -0.2) is 30.9 Å². The number of nitrogens with zero attached hydrogens (tertiary/aromatic N) is 1. The largest absolute Gasteiger partial charge is 0.461 e. The summed E-state index contributed by atoms with van der Waals surface area (Å²) < 4.78 is 45.6. The van der Waals surface area contributed by atoms with Gasteiger partial charge in [0.1, 0.15) is 17.3 Å². The molecule has 0 fully saturated rings. The lowest BCUT2D eigenvalue weighted by atomic mass is 9.98. The first-order chi connectivity index (χ1) is 12.9. The third-order valence-corrected chi connectivity index (χ3v) is 6.88. The summed E-state index contributed by atoms with van der Waals surface area (Å²) in [4.78, 5) is 0.127. The Morgan fingerprint density at radius 3 is 2.52 bits per heavy atom. The van der Waals surface area contributed by atoms with Crippen molar-refractivity contribution < 1.29 is 22.3 Å². The summed E-state index contributed by atoms with van der Waals surface area (Å²) in [7, 11) is -2.22. The van der Waals surface area contributed by atoms with Gasteiger partial charge in [-0.25, -0.2) is 12.8 Å². The molecule has 0 saturated heterocycles. The number of furan rings is 1. The summed E-state index contributed by atoms with van der Waals surface area (Å²) in [6.07, 6.45) is -0.749. The fourth-order valence-electron chi connectivity index (χ4n) is 3.40. The highest BCUT2D eigenvalue weighted by molar-refractivity contribution is 7.89. The third kappa shape index (κ3) is 3.07. The second kappa shape index (κ2) is 6.60. The van der Waals surface area contributed by atoms with E-state index in [1.54, 1.807) is 42.5 Å². The Morgan fingerprint density at radius 1 is 1.07 bits per heavy atom. The van der Waals surface area contributed by atoms with E-state index >= 15 is 0 Å². The topological polar surface area (TPSA) is 70.8 Å². The normalized spacial score (nSPS) is 21.7. The van der Waals surface area contributed by atoms with Crippen LogP contribution in [0.5, 0.6) is 0 Å². The van der Waals surface area contributed by atoms with Gasteiger partial charge < -0.3 is 9.52 Å². The van der Waals surface area contributed by atoms with Gasteiger partial charge in [0.2, 0.25) is 10.0 Å². The molecule has 4 rings (SSSR count). The number of likely N-dealkylation sites (N-methyl/N-ethyl adjacent to an activating group) is 1. The zero-order valence-electron chi connectivity index (χ0n) is 14.5. The number of fused-ring (bicyclic) bond motifs is 1. The monoisotopic (exact) mass is 387 g/mol. The molecular weight excluding hydrogens is 369 g/mol. The Bertz CT molecular complexity index is 1080. The zero-order chi connectivity index (χ0) is 19.2. The molecule has 0 aliphatic carbocycles. The van der Waals surface area contributed by atoms with Crippen LogP contribution in [0.4, 0.5) is 4.39 Å². The number of halogens is 1. The number of aliphatic hydroxyl groups excluding tert-OH is 1. The maximum atomic E-state index is 13.1. The van der Waals surface area contributed by atoms with Crippen molar-refractivity contribution in [2.45, 2.75) is 23.5 Å². The quantitative estimate of drug-likeness (QED) is 0.748. The summed E-state index contributed by atoms with van der Waals surface area (Å²) in [6, 6.07) is 15.2. The average molecular weight is 387 g/mol. The van der Waals surface area contributed by atoms with E-state index in [1.165, 1.54) is 29.6 Å². The SMILES string of the molecule is CN1[C@@H](Cc2ccc(-c3ccc(F)cc3)o2)[C@H](O)c2ccccc2S1(=O)=O. The highest BCUT2D eigenvalue weighted by atomic mass is 32.2. The molecule has 1 aromatic heterocycles. The van der Waals surface area contributed by atoms with Crippen LogP contribution in [-0.2, 0) is 16.4 Å². The molecule has 1 aliphatic heterocycles. The first kappa shape index (κ1) is 17.9. The summed E-state index contributed by atoms with van der Waals surface area (Å²) >= 11 is 0. The Labute approximate surface area is 156 Å². The van der Waals surface area contributed by atoms with Crippen molar-refractivity contribution in [2.75, 3.05) is 7.05 Å². The molecule has 140 valence electrons. The molecule has 0 radical (unpaired) electrons. The van der Waals surface area contributed by atoms with Crippen LogP contribution in [0, 0.1) is 5.82 Å². The smallest absolute Gasteiger partial charge is 0.243 e. The van der Waals surface area contributed by atoms with Gasteiger partial charge >= 0.3 is 0 Å². The van der Waals surface area contributed by atoms with E-state index in [-0.39, 0.29) is 17.1 Å². The lowest BCUT2D eigenvalue weighted by Crippen LogP contribution is -2.46. The van der Waals surface area contributed by atoms with Crippen LogP contribution >= 0.6 is 0 Å². The van der Waals surface area contributed by atoms with Crippen molar-refractivity contribution in [3.8, 4) is 11.3 Å². The average Bonchev–Trinajstić information content (AvgIpc) is 3.13. The molecule has 0 bridgehead atoms. The van der Waals surface area contributed by atoms with E-state index in [0.29, 0.717) is 17.1 Å². The first-order valence-electron chi connectivity index (χ1n) is 8.47. The van der Waals surface area contributed by atoms with Crippen LogP contribution in [0.3, 0.4) is 0 Å². The maximum absolute atomic E-state index is 13.1. The molecule has 0 amide bonds. The summed E-state index contributed by atoms with van der Waals surface area (Å²) in [5, 5.41) is 10.7. The van der Waals surface area contributed by atoms with Crippen LogP contribution in [0.2, 0.25) is 0 Å². The van der Waals surface area contributed by atoms with E-state index in [2.05, 4.69) is 0 Å². The Morgan fingerprint density at radius 2 is 1.78 bits per heavy atom. The minimum Gasteiger partial charge on any atom is -0.461 e. The van der Waals surface area contributed by atoms with Gasteiger partial charge in [-0.1, -0.05) is 18.2 Å². The molecule has 0 saturated carbocycles. The molecular formula is C20H18FNO4S. The standard InChI is InChI=1S/C20H18FNO4S/c1-22-17(20(23)16-4-2-3-5-19(16)27(22,24)25)12-15-10-11-18(26-15)13-6-8-14(21)9-7-13/h2-11,17,20,23H,12H2,1H3/t17-,20+/m0/s1. The minimum absolute atomic E-state index is 0.127. The van der Waals surface area contributed by atoms with Crippen molar-refractivity contribution >= 4 is 10.0 Å². The van der Waals surface area contributed by atoms with Crippen molar-refractivity contribution in [2.24, 2.45) is 0 Å². The molecule has 2 atom stereocenters. The number of aliphatic hydroxyl groups is 1. The third-order valence-electron chi connectivity index (χ3n) is 4.93. The van der Waals surface area contributed by atoms with E-state index in [1.807, 2.05) is 0 Å². The Kier molecular flexibility index (Phi) is 4.38. The predicted molar refractivity (Wildman–Crippen MR) is 97.9 cm³/mol. The molecule has 0 spiro atoms. The van der Waals surface area contributed by atoms with Crippen molar-refractivity contribution in [3.63, 3.8) is 0 Å². The zero-order valence-corrected chi connectivity index (χ0v) is 15.4. The number of hydrogen-bond donors (Lipinski definition) is 1. The van der Waals surface area contributed by atoms with Gasteiger partial charge in [-0.2, -0.15) is 4.31 Å². The van der Waals surface area contributed by atoms with Crippen LogP contribution in [0.25, 0.3) is 11.3 Å². The lowest BCUT2D eigenvalue weighted by Gasteiger charge is -2.36. The molecule has 3 aromatic rings. The Balaban J connectivity index is 1.64. The van der Waals surface area contributed by atoms with Gasteiger partial charge in [0, 0.05) is 24.6 Å².